The zero-order chi connectivity index (χ0) is 20.3. The number of H-pyrrole nitrogens is 2. The first-order valence-electron chi connectivity index (χ1n) is 9.39. The van der Waals surface area contributed by atoms with E-state index in [1.54, 1.807) is 29.2 Å². The number of hydrogen-bond donors (Lipinski definition) is 2. The summed E-state index contributed by atoms with van der Waals surface area (Å²) in [6.07, 6.45) is 1.60. The van der Waals surface area contributed by atoms with Gasteiger partial charge in [-0.25, -0.2) is 4.98 Å². The van der Waals surface area contributed by atoms with E-state index in [2.05, 4.69) is 34.0 Å². The van der Waals surface area contributed by atoms with Crippen LogP contribution in [0.4, 0.5) is 0 Å². The van der Waals surface area contributed by atoms with E-state index in [1.807, 2.05) is 6.92 Å². The Labute approximate surface area is 168 Å². The Hall–Kier alpha value is -2.67. The molecule has 28 heavy (non-hydrogen) atoms. The Kier molecular flexibility index (Phi) is 6.14. The lowest BCUT2D eigenvalue weighted by Gasteiger charge is -2.20. The van der Waals surface area contributed by atoms with Gasteiger partial charge in [0.15, 0.2) is 0 Å². The van der Waals surface area contributed by atoms with Gasteiger partial charge in [0.25, 0.3) is 11.5 Å². The van der Waals surface area contributed by atoms with Crippen LogP contribution in [-0.2, 0) is 13.0 Å². The number of hydrogen-bond acceptors (Lipinski definition) is 4. The molecule has 3 rings (SSSR count). The highest BCUT2D eigenvalue weighted by molar-refractivity contribution is 6.31. The van der Waals surface area contributed by atoms with Crippen LogP contribution in [0.25, 0.3) is 10.9 Å². The molecule has 0 aliphatic heterocycles. The molecule has 3 aromatic rings. The second-order valence-corrected chi connectivity index (χ2v) is 7.71. The van der Waals surface area contributed by atoms with Crippen molar-refractivity contribution in [2.24, 2.45) is 5.92 Å². The zero-order valence-corrected chi connectivity index (χ0v) is 17.0. The van der Waals surface area contributed by atoms with Crippen molar-refractivity contribution in [3.63, 3.8) is 0 Å². The molecule has 0 atom stereocenters. The highest BCUT2D eigenvalue weighted by Crippen LogP contribution is 2.16. The number of aromatic amines is 2. The highest BCUT2D eigenvalue weighted by Gasteiger charge is 2.20. The molecule has 1 amide bonds. The molecule has 148 valence electrons. The van der Waals surface area contributed by atoms with Gasteiger partial charge in [-0.15, -0.1) is 0 Å². The van der Waals surface area contributed by atoms with Gasteiger partial charge >= 0.3 is 0 Å². The normalized spacial score (nSPS) is 11.3. The van der Waals surface area contributed by atoms with E-state index >= 15 is 0 Å². The van der Waals surface area contributed by atoms with Gasteiger partial charge in [-0.05, 0) is 43.0 Å². The number of nitrogens with zero attached hydrogens (tertiary/aromatic N) is 3. The summed E-state index contributed by atoms with van der Waals surface area (Å²) in [7, 11) is 0. The quantitative estimate of drug-likeness (QED) is 0.632. The summed E-state index contributed by atoms with van der Waals surface area (Å²) < 4.78 is 0. The molecule has 0 saturated carbocycles. The van der Waals surface area contributed by atoms with Gasteiger partial charge in [0.1, 0.15) is 11.5 Å². The maximum Gasteiger partial charge on any atom is 0.274 e. The summed E-state index contributed by atoms with van der Waals surface area (Å²) in [6, 6.07) is 6.73. The number of benzene rings is 1. The molecule has 0 spiro atoms. The molecule has 1 aromatic carbocycles. The van der Waals surface area contributed by atoms with E-state index in [-0.39, 0.29) is 18.0 Å². The lowest BCUT2D eigenvalue weighted by molar-refractivity contribution is 0.0733. The molecule has 0 saturated heterocycles. The van der Waals surface area contributed by atoms with Crippen LogP contribution >= 0.6 is 11.6 Å². The number of halogens is 1. The molecule has 0 fully saturated rings. The zero-order valence-electron chi connectivity index (χ0n) is 16.3. The predicted molar refractivity (Wildman–Crippen MR) is 110 cm³/mol. The number of rotatable bonds is 7. The first-order valence-corrected chi connectivity index (χ1v) is 9.77. The minimum atomic E-state index is -0.250. The van der Waals surface area contributed by atoms with Crippen molar-refractivity contribution in [2.45, 2.75) is 40.2 Å². The molecular weight excluding hydrogens is 378 g/mol. The fourth-order valence-corrected chi connectivity index (χ4v) is 3.28. The van der Waals surface area contributed by atoms with Crippen molar-refractivity contribution in [3.05, 3.63) is 56.9 Å². The Morgan fingerprint density at radius 2 is 2.07 bits per heavy atom. The van der Waals surface area contributed by atoms with Crippen LogP contribution in [0.5, 0.6) is 0 Å². The molecule has 2 aromatic heterocycles. The second-order valence-electron chi connectivity index (χ2n) is 7.28. The third-order valence-electron chi connectivity index (χ3n) is 4.32. The highest BCUT2D eigenvalue weighted by atomic mass is 35.5. The van der Waals surface area contributed by atoms with Crippen LogP contribution in [0.1, 0.15) is 49.2 Å². The SMILES string of the molecule is CCCN(Cc1nc2cc(Cl)ccc2c(=O)[nH]1)C(=O)c1cc(CC(C)C)[nH]n1. The van der Waals surface area contributed by atoms with Gasteiger partial charge < -0.3 is 9.88 Å². The summed E-state index contributed by atoms with van der Waals surface area (Å²) >= 11 is 6.02. The van der Waals surface area contributed by atoms with E-state index in [0.29, 0.717) is 39.9 Å². The Bertz CT molecular complexity index is 1040. The number of nitrogens with one attached hydrogen (secondary N) is 2. The fourth-order valence-electron chi connectivity index (χ4n) is 3.12. The minimum absolute atomic E-state index is 0.191. The van der Waals surface area contributed by atoms with Crippen molar-refractivity contribution in [2.75, 3.05) is 6.54 Å². The Morgan fingerprint density at radius 1 is 1.29 bits per heavy atom. The van der Waals surface area contributed by atoms with Crippen LogP contribution < -0.4 is 5.56 Å². The van der Waals surface area contributed by atoms with Crippen LogP contribution in [0.15, 0.2) is 29.1 Å². The van der Waals surface area contributed by atoms with Crippen molar-refractivity contribution in [1.29, 1.82) is 0 Å². The van der Waals surface area contributed by atoms with Crippen molar-refractivity contribution < 1.29 is 4.79 Å². The van der Waals surface area contributed by atoms with Gasteiger partial charge in [0.2, 0.25) is 0 Å². The number of aromatic nitrogens is 4. The Morgan fingerprint density at radius 3 is 2.79 bits per heavy atom. The second kappa shape index (κ2) is 8.56. The maximum atomic E-state index is 12.9. The van der Waals surface area contributed by atoms with Crippen molar-refractivity contribution >= 4 is 28.4 Å². The number of carbonyl (C=O) groups excluding carboxylic acids is 1. The third kappa shape index (κ3) is 4.59. The van der Waals surface area contributed by atoms with E-state index in [4.69, 9.17) is 11.6 Å². The number of amides is 1. The summed E-state index contributed by atoms with van der Waals surface area (Å²) in [4.78, 5) is 34.2. The van der Waals surface area contributed by atoms with Gasteiger partial charge in [-0.2, -0.15) is 5.10 Å². The van der Waals surface area contributed by atoms with Crippen molar-refractivity contribution in [1.82, 2.24) is 25.1 Å². The lowest BCUT2D eigenvalue weighted by atomic mass is 10.1. The van der Waals surface area contributed by atoms with Gasteiger partial charge in [0.05, 0.1) is 17.4 Å². The predicted octanol–water partition coefficient (Wildman–Crippen LogP) is 3.55. The largest absolute Gasteiger partial charge is 0.330 e. The number of carbonyl (C=O) groups is 1. The molecule has 7 nitrogen and oxygen atoms in total. The summed E-state index contributed by atoms with van der Waals surface area (Å²) in [5.41, 5.74) is 1.56. The molecular formula is C20H24ClN5O2. The first kappa shape index (κ1) is 20.1. The van der Waals surface area contributed by atoms with E-state index in [0.717, 1.165) is 18.5 Å². The third-order valence-corrected chi connectivity index (χ3v) is 4.55. The van der Waals surface area contributed by atoms with Crippen LogP contribution in [-0.4, -0.2) is 37.5 Å². The minimum Gasteiger partial charge on any atom is -0.330 e. The summed E-state index contributed by atoms with van der Waals surface area (Å²) in [6.45, 7) is 6.93. The smallest absolute Gasteiger partial charge is 0.274 e. The molecule has 0 radical (unpaired) electrons. The fraction of sp³-hybridized carbons (Fsp3) is 0.400. The van der Waals surface area contributed by atoms with Crippen LogP contribution in [0.2, 0.25) is 5.02 Å². The average molecular weight is 402 g/mol. The topological polar surface area (TPSA) is 94.7 Å². The molecule has 0 bridgehead atoms. The maximum absolute atomic E-state index is 12.9. The lowest BCUT2D eigenvalue weighted by Crippen LogP contribution is -2.33. The van der Waals surface area contributed by atoms with Crippen LogP contribution in [0, 0.1) is 5.92 Å². The first-order chi connectivity index (χ1) is 13.4. The summed E-state index contributed by atoms with van der Waals surface area (Å²) in [5.74, 6) is 0.690. The Balaban J connectivity index is 1.86. The van der Waals surface area contributed by atoms with Crippen molar-refractivity contribution in [3.8, 4) is 0 Å². The molecule has 0 aliphatic carbocycles. The molecule has 0 unspecified atom stereocenters. The van der Waals surface area contributed by atoms with E-state index in [1.165, 1.54) is 0 Å². The molecule has 8 heteroatoms. The standard InChI is InChI=1S/C20H24ClN5O2/c1-4-7-26(20(28)17-10-14(24-25-17)8-12(2)3)11-18-22-16-9-13(21)5-6-15(16)19(27)23-18/h5-6,9-10,12H,4,7-8,11H2,1-3H3,(H,24,25)(H,22,23,27). The van der Waals surface area contributed by atoms with E-state index < -0.39 is 0 Å². The van der Waals surface area contributed by atoms with Gasteiger partial charge in [-0.3, -0.25) is 14.7 Å². The molecule has 0 aliphatic rings. The van der Waals surface area contributed by atoms with Crippen LogP contribution in [0.3, 0.4) is 0 Å². The van der Waals surface area contributed by atoms with E-state index in [9.17, 15) is 9.59 Å². The molecule has 2 heterocycles. The summed E-state index contributed by atoms with van der Waals surface area (Å²) in [5, 5.41) is 8.07. The number of fused-ring (bicyclic) bond motifs is 1. The van der Waals surface area contributed by atoms with Gasteiger partial charge in [-0.1, -0.05) is 32.4 Å². The molecule has 2 N–H and O–H groups in total. The monoisotopic (exact) mass is 401 g/mol. The van der Waals surface area contributed by atoms with Gasteiger partial charge in [0, 0.05) is 17.3 Å². The average Bonchev–Trinajstić information content (AvgIpc) is 3.08.